The van der Waals surface area contributed by atoms with Gasteiger partial charge in [-0.3, -0.25) is 10.1 Å². The van der Waals surface area contributed by atoms with Gasteiger partial charge in [-0.05, 0) is 24.3 Å². The highest BCUT2D eigenvalue weighted by Crippen LogP contribution is 2.25. The van der Waals surface area contributed by atoms with Gasteiger partial charge in [0.1, 0.15) is 11.6 Å². The second-order valence-electron chi connectivity index (χ2n) is 4.10. The number of halogens is 2. The maximum atomic E-state index is 13.1. The van der Waals surface area contributed by atoms with Crippen LogP contribution in [0.4, 0.5) is 13.9 Å². The molecule has 1 amide bonds. The minimum atomic E-state index is -0.792. The maximum absolute atomic E-state index is 13.1. The van der Waals surface area contributed by atoms with Crippen LogP contribution in [0.2, 0.25) is 0 Å². The van der Waals surface area contributed by atoms with Gasteiger partial charge in [-0.2, -0.15) is 0 Å². The Kier molecular flexibility index (Phi) is 3.15. The van der Waals surface area contributed by atoms with Gasteiger partial charge in [0.2, 0.25) is 0 Å². The Hall–Kier alpha value is -2.34. The molecule has 100 valence electrons. The Bertz CT molecular complexity index is 747. The van der Waals surface area contributed by atoms with Crippen LogP contribution >= 0.6 is 11.3 Å². The Balaban J connectivity index is 1.88. The molecule has 0 atom stereocenters. The summed E-state index contributed by atoms with van der Waals surface area (Å²) in [7, 11) is 0. The molecule has 0 saturated carbocycles. The normalized spacial score (nSPS) is 10.7. The van der Waals surface area contributed by atoms with Crippen molar-refractivity contribution in [1.29, 1.82) is 0 Å². The van der Waals surface area contributed by atoms with Gasteiger partial charge in [-0.25, -0.2) is 13.8 Å². The summed E-state index contributed by atoms with van der Waals surface area (Å²) in [6.45, 7) is 0. The quantitative estimate of drug-likeness (QED) is 0.779. The van der Waals surface area contributed by atoms with E-state index in [0.29, 0.717) is 11.2 Å². The van der Waals surface area contributed by atoms with Crippen molar-refractivity contribution in [2.75, 3.05) is 5.32 Å². The second kappa shape index (κ2) is 4.97. The van der Waals surface area contributed by atoms with E-state index in [0.717, 1.165) is 22.3 Å². The van der Waals surface area contributed by atoms with Crippen molar-refractivity contribution in [3.05, 3.63) is 59.7 Å². The molecule has 0 saturated heterocycles. The first kappa shape index (κ1) is 12.7. The summed E-state index contributed by atoms with van der Waals surface area (Å²) >= 11 is 1.30. The van der Waals surface area contributed by atoms with E-state index < -0.39 is 17.5 Å². The van der Waals surface area contributed by atoms with E-state index in [1.54, 1.807) is 0 Å². The van der Waals surface area contributed by atoms with E-state index in [1.807, 2.05) is 24.3 Å². The maximum Gasteiger partial charge on any atom is 0.257 e. The van der Waals surface area contributed by atoms with Gasteiger partial charge in [0.25, 0.3) is 5.91 Å². The number of benzene rings is 2. The molecule has 0 unspecified atom stereocenters. The molecule has 1 N–H and O–H groups in total. The van der Waals surface area contributed by atoms with E-state index >= 15 is 0 Å². The number of carbonyl (C=O) groups excluding carboxylic acids is 1. The highest BCUT2D eigenvalue weighted by atomic mass is 32.1. The fourth-order valence-corrected chi connectivity index (χ4v) is 2.64. The molecule has 3 nitrogen and oxygen atoms in total. The van der Waals surface area contributed by atoms with Crippen LogP contribution in [0.5, 0.6) is 0 Å². The summed E-state index contributed by atoms with van der Waals surface area (Å²) in [5.74, 6) is -2.18. The Morgan fingerprint density at radius 2 is 1.80 bits per heavy atom. The van der Waals surface area contributed by atoms with Crippen LogP contribution in [-0.4, -0.2) is 10.9 Å². The number of hydrogen-bond donors (Lipinski definition) is 1. The summed E-state index contributed by atoms with van der Waals surface area (Å²) in [5, 5.41) is 2.93. The number of rotatable bonds is 2. The average Bonchev–Trinajstić information content (AvgIpc) is 2.79. The number of aromatic nitrogens is 1. The molecule has 0 aliphatic rings. The van der Waals surface area contributed by atoms with Crippen LogP contribution in [0.1, 0.15) is 10.4 Å². The van der Waals surface area contributed by atoms with Crippen LogP contribution in [0.15, 0.2) is 42.5 Å². The molecular weight excluding hydrogens is 282 g/mol. The largest absolute Gasteiger partial charge is 0.298 e. The first-order chi connectivity index (χ1) is 9.61. The molecule has 0 aliphatic heterocycles. The summed E-state index contributed by atoms with van der Waals surface area (Å²) in [5.41, 5.74) is 0.681. The molecule has 3 rings (SSSR count). The zero-order valence-electron chi connectivity index (χ0n) is 10.1. The van der Waals surface area contributed by atoms with Crippen molar-refractivity contribution in [2.45, 2.75) is 0 Å². The molecule has 1 heterocycles. The number of nitrogens with zero attached hydrogens (tertiary/aromatic N) is 1. The van der Waals surface area contributed by atoms with Crippen LogP contribution in [-0.2, 0) is 0 Å². The van der Waals surface area contributed by atoms with Gasteiger partial charge in [0, 0.05) is 11.6 Å². The smallest absolute Gasteiger partial charge is 0.257 e. The number of para-hydroxylation sites is 1. The minimum Gasteiger partial charge on any atom is -0.298 e. The van der Waals surface area contributed by atoms with Crippen molar-refractivity contribution < 1.29 is 13.6 Å². The number of fused-ring (bicyclic) bond motifs is 1. The summed E-state index contributed by atoms with van der Waals surface area (Å²) in [4.78, 5) is 16.1. The highest BCUT2D eigenvalue weighted by molar-refractivity contribution is 7.22. The van der Waals surface area contributed by atoms with E-state index in [1.165, 1.54) is 11.3 Å². The molecule has 0 fully saturated rings. The molecule has 1 aromatic heterocycles. The highest BCUT2D eigenvalue weighted by Gasteiger charge is 2.12. The van der Waals surface area contributed by atoms with Crippen molar-refractivity contribution in [1.82, 2.24) is 4.98 Å². The van der Waals surface area contributed by atoms with Gasteiger partial charge in [-0.15, -0.1) is 0 Å². The Morgan fingerprint density at radius 1 is 1.10 bits per heavy atom. The SMILES string of the molecule is O=C(Nc1nc2ccccc2s1)c1cc(F)cc(F)c1. The third kappa shape index (κ3) is 2.50. The lowest BCUT2D eigenvalue weighted by Crippen LogP contribution is -2.12. The van der Waals surface area contributed by atoms with Crippen LogP contribution in [0.3, 0.4) is 0 Å². The first-order valence-corrected chi connectivity index (χ1v) is 6.56. The van der Waals surface area contributed by atoms with Gasteiger partial charge in [-0.1, -0.05) is 23.5 Å². The third-order valence-corrected chi connectivity index (χ3v) is 3.59. The summed E-state index contributed by atoms with van der Waals surface area (Å²) < 4.78 is 27.0. The van der Waals surface area contributed by atoms with Gasteiger partial charge in [0.15, 0.2) is 5.13 Å². The van der Waals surface area contributed by atoms with E-state index in [2.05, 4.69) is 10.3 Å². The lowest BCUT2D eigenvalue weighted by atomic mass is 10.2. The monoisotopic (exact) mass is 290 g/mol. The minimum absolute atomic E-state index is 0.0817. The number of thiazole rings is 1. The number of hydrogen-bond acceptors (Lipinski definition) is 3. The molecular formula is C14H8F2N2OS. The van der Waals surface area contributed by atoms with Crippen molar-refractivity contribution in [2.24, 2.45) is 0 Å². The zero-order chi connectivity index (χ0) is 14.1. The van der Waals surface area contributed by atoms with Crippen LogP contribution in [0, 0.1) is 11.6 Å². The van der Waals surface area contributed by atoms with Crippen molar-refractivity contribution >= 4 is 32.6 Å². The molecule has 0 spiro atoms. The first-order valence-electron chi connectivity index (χ1n) is 5.75. The number of carbonyl (C=O) groups is 1. The van der Waals surface area contributed by atoms with E-state index in [-0.39, 0.29) is 5.56 Å². The van der Waals surface area contributed by atoms with E-state index in [9.17, 15) is 13.6 Å². The van der Waals surface area contributed by atoms with Crippen LogP contribution in [0.25, 0.3) is 10.2 Å². The average molecular weight is 290 g/mol. The lowest BCUT2D eigenvalue weighted by Gasteiger charge is -2.01. The summed E-state index contributed by atoms with van der Waals surface area (Å²) in [6.07, 6.45) is 0. The number of nitrogens with one attached hydrogen (secondary N) is 1. The lowest BCUT2D eigenvalue weighted by molar-refractivity contribution is 0.102. The molecule has 0 radical (unpaired) electrons. The molecule has 3 aromatic rings. The topological polar surface area (TPSA) is 42.0 Å². The Labute approximate surface area is 116 Å². The third-order valence-electron chi connectivity index (χ3n) is 2.64. The molecule has 6 heteroatoms. The molecule has 20 heavy (non-hydrogen) atoms. The molecule has 2 aromatic carbocycles. The molecule has 0 aliphatic carbocycles. The van der Waals surface area contributed by atoms with Gasteiger partial charge >= 0.3 is 0 Å². The van der Waals surface area contributed by atoms with E-state index in [4.69, 9.17) is 0 Å². The van der Waals surface area contributed by atoms with Gasteiger partial charge in [0.05, 0.1) is 10.2 Å². The summed E-state index contributed by atoms with van der Waals surface area (Å²) in [6, 6.07) is 10.1. The Morgan fingerprint density at radius 3 is 2.50 bits per heavy atom. The second-order valence-corrected chi connectivity index (χ2v) is 5.13. The van der Waals surface area contributed by atoms with Crippen LogP contribution < -0.4 is 5.32 Å². The van der Waals surface area contributed by atoms with Crippen molar-refractivity contribution in [3.63, 3.8) is 0 Å². The predicted molar refractivity (Wildman–Crippen MR) is 73.9 cm³/mol. The van der Waals surface area contributed by atoms with Crippen molar-refractivity contribution in [3.8, 4) is 0 Å². The number of amides is 1. The zero-order valence-corrected chi connectivity index (χ0v) is 10.9. The number of anilines is 1. The van der Waals surface area contributed by atoms with Gasteiger partial charge < -0.3 is 0 Å². The molecule has 0 bridgehead atoms. The fourth-order valence-electron chi connectivity index (χ4n) is 1.78. The standard InChI is InChI=1S/C14H8F2N2OS/c15-9-5-8(6-10(16)7-9)13(19)18-14-17-11-3-1-2-4-12(11)20-14/h1-7H,(H,17,18,19). The predicted octanol–water partition coefficient (Wildman–Crippen LogP) is 3.83. The fraction of sp³-hybridized carbons (Fsp3) is 0.